The van der Waals surface area contributed by atoms with Crippen LogP contribution in [-0.4, -0.2) is 0 Å². The Morgan fingerprint density at radius 3 is 1.19 bits per heavy atom. The quantitative estimate of drug-likeness (QED) is 0.225. The molecule has 0 bridgehead atoms. The van der Waals surface area contributed by atoms with Crippen LogP contribution < -0.4 is 11.5 Å². The maximum atomic E-state index is 6.48. The third-order valence-corrected chi connectivity index (χ3v) is 6.39. The molecule has 0 saturated heterocycles. The third-order valence-electron chi connectivity index (χ3n) is 6.39. The van der Waals surface area contributed by atoms with E-state index >= 15 is 0 Å². The molecular weight excluding hydrogens is 388 g/mol. The van der Waals surface area contributed by atoms with E-state index in [0.717, 1.165) is 46.5 Å². The van der Waals surface area contributed by atoms with Crippen LogP contribution >= 0.6 is 0 Å². The van der Waals surface area contributed by atoms with Crippen LogP contribution in [0.2, 0.25) is 0 Å². The molecule has 32 heavy (non-hydrogen) atoms. The van der Waals surface area contributed by atoms with Gasteiger partial charge < -0.3 is 11.5 Å². The van der Waals surface area contributed by atoms with E-state index in [0.29, 0.717) is 0 Å². The molecule has 170 valence electrons. The lowest BCUT2D eigenvalue weighted by Gasteiger charge is -2.17. The van der Waals surface area contributed by atoms with E-state index in [1.165, 1.54) is 62.5 Å². The van der Waals surface area contributed by atoms with Gasteiger partial charge in [-0.15, -0.1) is 0 Å². The summed E-state index contributed by atoms with van der Waals surface area (Å²) in [6, 6.07) is 21.6. The Balaban J connectivity index is 1.82. The van der Waals surface area contributed by atoms with Gasteiger partial charge in [-0.2, -0.15) is 0 Å². The Morgan fingerprint density at radius 1 is 0.469 bits per heavy atom. The molecule has 0 radical (unpaired) electrons. The highest BCUT2D eigenvalue weighted by Gasteiger charge is 2.14. The number of unbranched alkanes of at least 4 members (excludes halogenated alkanes) is 6. The SMILES string of the molecule is CCCCCCc1ccc(-c2c(N)ccc(N)c2-c2ccc(CCCCCC)cc2)cc1. The topological polar surface area (TPSA) is 52.0 Å². The van der Waals surface area contributed by atoms with Crippen LogP contribution in [0.15, 0.2) is 60.7 Å². The fourth-order valence-electron chi connectivity index (χ4n) is 4.44. The van der Waals surface area contributed by atoms with E-state index in [1.54, 1.807) is 0 Å². The van der Waals surface area contributed by atoms with Crippen LogP contribution in [0.1, 0.15) is 76.3 Å². The molecule has 0 aliphatic carbocycles. The van der Waals surface area contributed by atoms with Gasteiger partial charge in [-0.3, -0.25) is 0 Å². The number of anilines is 2. The van der Waals surface area contributed by atoms with Crippen LogP contribution in [0.4, 0.5) is 11.4 Å². The van der Waals surface area contributed by atoms with Crippen molar-refractivity contribution in [1.29, 1.82) is 0 Å². The molecule has 0 aliphatic heterocycles. The highest BCUT2D eigenvalue weighted by atomic mass is 14.6. The van der Waals surface area contributed by atoms with Gasteiger partial charge in [0, 0.05) is 22.5 Å². The van der Waals surface area contributed by atoms with Crippen LogP contribution in [0.25, 0.3) is 22.3 Å². The molecule has 0 atom stereocenters. The smallest absolute Gasteiger partial charge is 0.0401 e. The van der Waals surface area contributed by atoms with Crippen molar-refractivity contribution in [2.75, 3.05) is 11.5 Å². The van der Waals surface area contributed by atoms with Crippen molar-refractivity contribution in [2.45, 2.75) is 78.1 Å². The van der Waals surface area contributed by atoms with Gasteiger partial charge in [-0.05, 0) is 60.1 Å². The summed E-state index contributed by atoms with van der Waals surface area (Å²) in [5.41, 5.74) is 21.6. The summed E-state index contributed by atoms with van der Waals surface area (Å²) in [6.45, 7) is 4.51. The molecule has 3 aromatic rings. The molecule has 2 nitrogen and oxygen atoms in total. The van der Waals surface area contributed by atoms with Gasteiger partial charge in [-0.25, -0.2) is 0 Å². The minimum Gasteiger partial charge on any atom is -0.398 e. The molecule has 4 N–H and O–H groups in total. The predicted molar refractivity (Wildman–Crippen MR) is 142 cm³/mol. The molecule has 3 aromatic carbocycles. The van der Waals surface area contributed by atoms with Crippen molar-refractivity contribution in [3.8, 4) is 22.3 Å². The van der Waals surface area contributed by atoms with Crippen LogP contribution in [0.5, 0.6) is 0 Å². The van der Waals surface area contributed by atoms with Crippen molar-refractivity contribution < 1.29 is 0 Å². The van der Waals surface area contributed by atoms with Gasteiger partial charge in [0.25, 0.3) is 0 Å². The number of aryl methyl sites for hydroxylation is 2. The lowest BCUT2D eigenvalue weighted by Crippen LogP contribution is -1.99. The number of rotatable bonds is 12. The van der Waals surface area contributed by atoms with Crippen LogP contribution in [0, 0.1) is 0 Å². The van der Waals surface area contributed by atoms with Crippen molar-refractivity contribution >= 4 is 11.4 Å². The molecule has 0 fully saturated rings. The Morgan fingerprint density at radius 2 is 0.844 bits per heavy atom. The fourth-order valence-corrected chi connectivity index (χ4v) is 4.44. The number of hydrogen-bond donors (Lipinski definition) is 2. The van der Waals surface area contributed by atoms with Crippen molar-refractivity contribution in [3.63, 3.8) is 0 Å². The van der Waals surface area contributed by atoms with E-state index in [9.17, 15) is 0 Å². The van der Waals surface area contributed by atoms with Crippen molar-refractivity contribution in [1.82, 2.24) is 0 Å². The average molecular weight is 429 g/mol. The zero-order valence-corrected chi connectivity index (χ0v) is 20.0. The molecule has 0 amide bonds. The second-order valence-corrected chi connectivity index (χ2v) is 9.01. The standard InChI is InChI=1S/C30H40N2/c1-3-5-7-9-11-23-13-17-25(18-14-23)29-27(31)21-22-28(32)30(29)26-19-15-24(16-20-26)12-10-8-6-4-2/h13-22H,3-12,31-32H2,1-2H3. The molecule has 0 heterocycles. The Hall–Kier alpha value is -2.74. The average Bonchev–Trinajstić information content (AvgIpc) is 2.82. The molecule has 0 aliphatic rings. The molecule has 0 unspecified atom stereocenters. The van der Waals surface area contributed by atoms with Crippen LogP contribution in [-0.2, 0) is 12.8 Å². The maximum absolute atomic E-state index is 6.48. The molecule has 0 saturated carbocycles. The van der Waals surface area contributed by atoms with Gasteiger partial charge in [0.05, 0.1) is 0 Å². The lowest BCUT2D eigenvalue weighted by molar-refractivity contribution is 0.667. The number of nitrogens with two attached hydrogens (primary N) is 2. The van der Waals surface area contributed by atoms with Gasteiger partial charge >= 0.3 is 0 Å². The summed E-state index contributed by atoms with van der Waals surface area (Å²) < 4.78 is 0. The molecule has 3 rings (SSSR count). The van der Waals surface area contributed by atoms with E-state index < -0.39 is 0 Å². The normalized spacial score (nSPS) is 11.1. The third kappa shape index (κ3) is 6.38. The Kier molecular flexibility index (Phi) is 9.22. The first-order valence-electron chi connectivity index (χ1n) is 12.5. The largest absolute Gasteiger partial charge is 0.398 e. The van der Waals surface area contributed by atoms with Gasteiger partial charge in [0.2, 0.25) is 0 Å². The first-order valence-corrected chi connectivity index (χ1v) is 12.5. The zero-order chi connectivity index (χ0) is 22.8. The predicted octanol–water partition coefficient (Wildman–Crippen LogP) is 8.43. The molecule has 0 spiro atoms. The van der Waals surface area contributed by atoms with Crippen LogP contribution in [0.3, 0.4) is 0 Å². The van der Waals surface area contributed by atoms with Crippen molar-refractivity contribution in [3.05, 3.63) is 71.8 Å². The second kappa shape index (κ2) is 12.3. The van der Waals surface area contributed by atoms with Gasteiger partial charge in [0.1, 0.15) is 0 Å². The molecular formula is C30H40N2. The zero-order valence-electron chi connectivity index (χ0n) is 20.0. The fraction of sp³-hybridized carbons (Fsp3) is 0.400. The summed E-state index contributed by atoms with van der Waals surface area (Å²) in [6.07, 6.45) is 12.6. The second-order valence-electron chi connectivity index (χ2n) is 9.01. The Labute approximate surface area is 195 Å². The summed E-state index contributed by atoms with van der Waals surface area (Å²) in [7, 11) is 0. The Bertz CT molecular complexity index is 875. The highest BCUT2D eigenvalue weighted by molar-refractivity contribution is 5.97. The van der Waals surface area contributed by atoms with E-state index in [2.05, 4.69) is 62.4 Å². The summed E-state index contributed by atoms with van der Waals surface area (Å²) in [4.78, 5) is 0. The van der Waals surface area contributed by atoms with E-state index in [4.69, 9.17) is 11.5 Å². The van der Waals surface area contributed by atoms with Gasteiger partial charge in [0.15, 0.2) is 0 Å². The first kappa shape index (κ1) is 23.9. The van der Waals surface area contributed by atoms with E-state index in [1.807, 2.05) is 12.1 Å². The van der Waals surface area contributed by atoms with Gasteiger partial charge in [-0.1, -0.05) is 101 Å². The summed E-state index contributed by atoms with van der Waals surface area (Å²) in [5.74, 6) is 0. The number of benzene rings is 3. The summed E-state index contributed by atoms with van der Waals surface area (Å²) >= 11 is 0. The number of nitrogen functional groups attached to an aromatic ring is 2. The van der Waals surface area contributed by atoms with E-state index in [-0.39, 0.29) is 0 Å². The molecule has 0 aromatic heterocycles. The molecule has 2 heteroatoms. The monoisotopic (exact) mass is 428 g/mol. The number of hydrogen-bond acceptors (Lipinski definition) is 2. The lowest BCUT2D eigenvalue weighted by atomic mass is 9.90. The van der Waals surface area contributed by atoms with Crippen molar-refractivity contribution in [2.24, 2.45) is 0 Å². The highest BCUT2D eigenvalue weighted by Crippen LogP contribution is 2.40. The first-order chi connectivity index (χ1) is 15.6. The maximum Gasteiger partial charge on any atom is 0.0401 e. The minimum atomic E-state index is 0.772. The minimum absolute atomic E-state index is 0.772. The summed E-state index contributed by atoms with van der Waals surface area (Å²) in [5, 5.41) is 0.